The van der Waals surface area contributed by atoms with Crippen molar-refractivity contribution in [3.63, 3.8) is 0 Å². The second-order valence-corrected chi connectivity index (χ2v) is 12.7. The van der Waals surface area contributed by atoms with Crippen molar-refractivity contribution in [3.05, 3.63) is 95.3 Å². The Morgan fingerprint density at radius 1 is 0.583 bits per heavy atom. The van der Waals surface area contributed by atoms with Crippen LogP contribution in [-0.2, 0) is 10.8 Å². The lowest BCUT2D eigenvalue weighted by Crippen LogP contribution is -2.19. The fourth-order valence-electron chi connectivity index (χ4n) is 8.10. The number of benzene rings is 3. The number of hydrogen-bond donors (Lipinski definition) is 0. The van der Waals surface area contributed by atoms with E-state index >= 15 is 0 Å². The number of rotatable bonds is 2. The number of aromatic nitrogens is 2. The first-order valence-electron chi connectivity index (χ1n) is 13.6. The lowest BCUT2D eigenvalue weighted by atomic mass is 9.88. The van der Waals surface area contributed by atoms with Gasteiger partial charge < -0.3 is 9.13 Å². The molecule has 182 valence electrons. The molecule has 0 radical (unpaired) electrons. The van der Waals surface area contributed by atoms with Crippen LogP contribution in [0.4, 0.5) is 0 Å². The van der Waals surface area contributed by atoms with Crippen molar-refractivity contribution >= 4 is 21.8 Å². The van der Waals surface area contributed by atoms with Crippen LogP contribution in [0, 0.1) is 0 Å². The number of fused-ring (bicyclic) bond motifs is 6. The van der Waals surface area contributed by atoms with E-state index in [9.17, 15) is 0 Å². The summed E-state index contributed by atoms with van der Waals surface area (Å²) in [6, 6.07) is 27.3. The van der Waals surface area contributed by atoms with E-state index in [0.717, 1.165) is 0 Å². The normalized spacial score (nSPS) is 21.8. The highest BCUT2D eigenvalue weighted by atomic mass is 15.0. The minimum Gasteiger partial charge on any atom is -0.313 e. The van der Waals surface area contributed by atoms with Gasteiger partial charge in [-0.05, 0) is 66.1 Å². The minimum absolute atomic E-state index is 0.141. The standard InChI is InChI=1S/C34H36N2/c1-21-19-33(3,4)31-29(21)25-14-7-9-16-27(25)35(31)23-12-11-13-24(18-23)36-28-17-10-8-15-26(28)30-22(2)20-34(5,6)32(30)36/h7-18,21-22H,19-20H2,1-6H3. The molecule has 2 aliphatic rings. The Balaban J connectivity index is 1.53. The Bertz CT molecular complexity index is 1550. The molecule has 0 aliphatic heterocycles. The molecule has 0 spiro atoms. The SMILES string of the molecule is CC1CC(C)(C)c2c1c1ccccc1n2-c1cccc(-n2c3c(c4ccccc42)C(C)CC3(C)C)c1. The summed E-state index contributed by atoms with van der Waals surface area (Å²) in [5, 5.41) is 2.83. The van der Waals surface area contributed by atoms with Crippen molar-refractivity contribution in [1.82, 2.24) is 9.13 Å². The van der Waals surface area contributed by atoms with Crippen molar-refractivity contribution in [2.75, 3.05) is 0 Å². The van der Waals surface area contributed by atoms with Crippen molar-refractivity contribution in [2.24, 2.45) is 0 Å². The zero-order valence-electron chi connectivity index (χ0n) is 22.4. The van der Waals surface area contributed by atoms with Crippen molar-refractivity contribution in [2.45, 2.75) is 77.0 Å². The topological polar surface area (TPSA) is 9.86 Å². The van der Waals surface area contributed by atoms with Crippen LogP contribution in [0.25, 0.3) is 33.2 Å². The first-order valence-corrected chi connectivity index (χ1v) is 13.6. The summed E-state index contributed by atoms with van der Waals surface area (Å²) in [6.07, 6.45) is 2.40. The van der Waals surface area contributed by atoms with E-state index in [-0.39, 0.29) is 10.8 Å². The third-order valence-corrected chi connectivity index (χ3v) is 9.07. The summed E-state index contributed by atoms with van der Waals surface area (Å²) in [5.74, 6) is 1.14. The zero-order valence-corrected chi connectivity index (χ0v) is 22.4. The summed E-state index contributed by atoms with van der Waals surface area (Å²) in [5.41, 5.74) is 11.5. The van der Waals surface area contributed by atoms with Gasteiger partial charge in [-0.25, -0.2) is 0 Å². The zero-order chi connectivity index (χ0) is 25.0. The highest BCUT2D eigenvalue weighted by molar-refractivity contribution is 5.91. The Labute approximate surface area is 214 Å². The first-order chi connectivity index (χ1) is 17.2. The van der Waals surface area contributed by atoms with E-state index in [1.165, 1.54) is 57.4 Å². The van der Waals surface area contributed by atoms with Crippen LogP contribution in [-0.4, -0.2) is 9.13 Å². The summed E-state index contributed by atoms with van der Waals surface area (Å²) >= 11 is 0. The van der Waals surface area contributed by atoms with Crippen molar-refractivity contribution in [1.29, 1.82) is 0 Å². The minimum atomic E-state index is 0.141. The molecule has 2 nitrogen and oxygen atoms in total. The molecular weight excluding hydrogens is 436 g/mol. The van der Waals surface area contributed by atoms with Crippen LogP contribution in [0.1, 0.15) is 88.7 Å². The summed E-state index contributed by atoms with van der Waals surface area (Å²) in [7, 11) is 0. The van der Waals surface area contributed by atoms with Crippen LogP contribution in [0.5, 0.6) is 0 Å². The van der Waals surface area contributed by atoms with Crippen LogP contribution >= 0.6 is 0 Å². The molecule has 2 heteroatoms. The maximum atomic E-state index is 2.57. The van der Waals surface area contributed by atoms with Gasteiger partial charge in [-0.1, -0.05) is 84.0 Å². The predicted octanol–water partition coefficient (Wildman–Crippen LogP) is 9.14. The van der Waals surface area contributed by atoms with Crippen LogP contribution in [0.15, 0.2) is 72.8 Å². The van der Waals surface area contributed by atoms with Crippen molar-refractivity contribution < 1.29 is 0 Å². The van der Waals surface area contributed by atoms with E-state index in [1.54, 1.807) is 11.1 Å². The molecule has 0 fully saturated rings. The van der Waals surface area contributed by atoms with E-state index in [2.05, 4.69) is 123 Å². The molecule has 2 aliphatic carbocycles. The van der Waals surface area contributed by atoms with Gasteiger partial charge in [-0.2, -0.15) is 0 Å². The molecule has 0 saturated carbocycles. The Morgan fingerprint density at radius 3 is 1.44 bits per heavy atom. The fraction of sp³-hybridized carbons (Fsp3) is 0.353. The van der Waals surface area contributed by atoms with Crippen LogP contribution in [0.2, 0.25) is 0 Å². The molecular formula is C34H36N2. The first kappa shape index (κ1) is 22.0. The van der Waals surface area contributed by atoms with Gasteiger partial charge in [0.05, 0.1) is 11.0 Å². The lowest BCUT2D eigenvalue weighted by molar-refractivity contribution is 0.473. The number of nitrogens with zero attached hydrogens (tertiary/aromatic N) is 2. The van der Waals surface area contributed by atoms with Crippen LogP contribution < -0.4 is 0 Å². The highest BCUT2D eigenvalue weighted by Crippen LogP contribution is 2.52. The van der Waals surface area contributed by atoms with Gasteiger partial charge in [-0.3, -0.25) is 0 Å². The second kappa shape index (κ2) is 7.16. The van der Waals surface area contributed by atoms with Crippen molar-refractivity contribution in [3.8, 4) is 11.4 Å². The van der Waals surface area contributed by atoms with Crippen LogP contribution in [0.3, 0.4) is 0 Å². The predicted molar refractivity (Wildman–Crippen MR) is 152 cm³/mol. The molecule has 3 aromatic carbocycles. The highest BCUT2D eigenvalue weighted by Gasteiger charge is 2.41. The summed E-state index contributed by atoms with van der Waals surface area (Å²) < 4.78 is 5.13. The van der Waals surface area contributed by atoms with Gasteiger partial charge in [0.25, 0.3) is 0 Å². The smallest absolute Gasteiger partial charge is 0.0534 e. The molecule has 2 unspecified atom stereocenters. The average molecular weight is 473 g/mol. The van der Waals surface area contributed by atoms with Gasteiger partial charge in [0.1, 0.15) is 0 Å². The molecule has 2 atom stereocenters. The van der Waals surface area contributed by atoms with Gasteiger partial charge in [-0.15, -0.1) is 0 Å². The van der Waals surface area contributed by atoms with Gasteiger partial charge in [0.2, 0.25) is 0 Å². The molecule has 0 bridgehead atoms. The maximum Gasteiger partial charge on any atom is 0.0534 e. The third kappa shape index (κ3) is 2.79. The molecule has 0 saturated heterocycles. The molecule has 0 N–H and O–H groups in total. The number of hydrogen-bond acceptors (Lipinski definition) is 0. The lowest BCUT2D eigenvalue weighted by Gasteiger charge is -2.25. The quantitative estimate of drug-likeness (QED) is 0.242. The maximum absolute atomic E-state index is 2.57. The Hall–Kier alpha value is -3.26. The molecule has 0 amide bonds. The molecule has 36 heavy (non-hydrogen) atoms. The number of para-hydroxylation sites is 2. The van der Waals surface area contributed by atoms with E-state index in [4.69, 9.17) is 0 Å². The summed E-state index contributed by atoms with van der Waals surface area (Å²) in [6.45, 7) is 14.5. The largest absolute Gasteiger partial charge is 0.313 e. The molecule has 2 aromatic heterocycles. The Morgan fingerprint density at radius 2 is 1.00 bits per heavy atom. The third-order valence-electron chi connectivity index (χ3n) is 9.07. The Kier molecular flexibility index (Phi) is 4.37. The van der Waals surface area contributed by atoms with E-state index in [1.807, 2.05) is 0 Å². The molecule has 2 heterocycles. The average Bonchev–Trinajstić information content (AvgIpc) is 3.51. The molecule has 5 aromatic rings. The molecule has 7 rings (SSSR count). The van der Waals surface area contributed by atoms with Gasteiger partial charge >= 0.3 is 0 Å². The monoisotopic (exact) mass is 472 g/mol. The van der Waals surface area contributed by atoms with Gasteiger partial charge in [0.15, 0.2) is 0 Å². The second-order valence-electron chi connectivity index (χ2n) is 12.7. The van der Waals surface area contributed by atoms with E-state index < -0.39 is 0 Å². The van der Waals surface area contributed by atoms with E-state index in [0.29, 0.717) is 11.8 Å². The summed E-state index contributed by atoms with van der Waals surface area (Å²) in [4.78, 5) is 0. The van der Waals surface area contributed by atoms with Gasteiger partial charge in [0, 0.05) is 44.4 Å². The fourth-order valence-corrected chi connectivity index (χ4v) is 8.10.